The van der Waals surface area contributed by atoms with E-state index in [0.29, 0.717) is 5.92 Å². The highest BCUT2D eigenvalue weighted by Crippen LogP contribution is 2.42. The summed E-state index contributed by atoms with van der Waals surface area (Å²) in [4.78, 5) is 14.2. The third-order valence-electron chi connectivity index (χ3n) is 5.72. The van der Waals surface area contributed by atoms with Gasteiger partial charge >= 0.3 is 0 Å². The maximum atomic E-state index is 13.2. The molecule has 1 unspecified atom stereocenters. The number of allylic oxidation sites excluding steroid dienone is 4. The van der Waals surface area contributed by atoms with Gasteiger partial charge in [-0.05, 0) is 78.4 Å². The van der Waals surface area contributed by atoms with Crippen LogP contribution in [0.4, 0.5) is 4.39 Å². The lowest BCUT2D eigenvalue weighted by atomic mass is 9.79. The smallest absolute Gasteiger partial charge is 0.242 e. The van der Waals surface area contributed by atoms with Crippen LogP contribution in [0.2, 0.25) is 0 Å². The van der Waals surface area contributed by atoms with Crippen molar-refractivity contribution in [2.75, 3.05) is 6.54 Å². The SMILES string of the molecule is C=C/C=C(\C=C)c1cc(C2CCC2)c(-c2ccc(F)cc2)[nH]1.C=CNC1CCNC1=O. The molecule has 162 valence electrons. The van der Waals surface area contributed by atoms with Crippen molar-refractivity contribution < 1.29 is 9.18 Å². The number of benzene rings is 1. The Bertz CT molecular complexity index is 967. The van der Waals surface area contributed by atoms with Gasteiger partial charge in [0.2, 0.25) is 5.91 Å². The number of halogens is 1. The molecule has 2 heterocycles. The normalized spacial score (nSPS) is 18.3. The van der Waals surface area contributed by atoms with Crippen molar-refractivity contribution in [1.29, 1.82) is 0 Å². The summed E-state index contributed by atoms with van der Waals surface area (Å²) in [6, 6.07) is 8.85. The van der Waals surface area contributed by atoms with Gasteiger partial charge in [-0.1, -0.05) is 44.4 Å². The van der Waals surface area contributed by atoms with Gasteiger partial charge in [0, 0.05) is 17.9 Å². The average Bonchev–Trinajstić information content (AvgIpc) is 3.33. The molecule has 31 heavy (non-hydrogen) atoms. The third-order valence-corrected chi connectivity index (χ3v) is 5.72. The number of H-pyrrole nitrogens is 1. The van der Waals surface area contributed by atoms with Crippen molar-refractivity contribution in [2.45, 2.75) is 37.6 Å². The van der Waals surface area contributed by atoms with Crippen molar-refractivity contribution in [3.05, 3.63) is 91.6 Å². The second kappa shape index (κ2) is 10.6. The van der Waals surface area contributed by atoms with Crippen molar-refractivity contribution >= 4 is 11.5 Å². The molecule has 1 aromatic carbocycles. The van der Waals surface area contributed by atoms with Crippen molar-refractivity contribution in [3.63, 3.8) is 0 Å². The van der Waals surface area contributed by atoms with Gasteiger partial charge < -0.3 is 15.6 Å². The zero-order valence-electron chi connectivity index (χ0n) is 17.8. The van der Waals surface area contributed by atoms with Crippen LogP contribution in [0.5, 0.6) is 0 Å². The van der Waals surface area contributed by atoms with Gasteiger partial charge in [-0.3, -0.25) is 4.79 Å². The zero-order chi connectivity index (χ0) is 22.2. The highest BCUT2D eigenvalue weighted by Gasteiger charge is 2.25. The van der Waals surface area contributed by atoms with Gasteiger partial charge in [-0.2, -0.15) is 0 Å². The maximum absolute atomic E-state index is 13.2. The number of amides is 1. The molecule has 1 amide bonds. The molecule has 1 saturated carbocycles. The Balaban J connectivity index is 0.000000254. The molecular weight excluding hydrogens is 389 g/mol. The topological polar surface area (TPSA) is 56.9 Å². The van der Waals surface area contributed by atoms with E-state index < -0.39 is 0 Å². The first kappa shape index (κ1) is 22.3. The third kappa shape index (κ3) is 5.43. The van der Waals surface area contributed by atoms with E-state index in [0.717, 1.165) is 35.5 Å². The molecule has 2 aliphatic rings. The monoisotopic (exact) mass is 419 g/mol. The first-order chi connectivity index (χ1) is 15.1. The van der Waals surface area contributed by atoms with Gasteiger partial charge in [0.1, 0.15) is 11.9 Å². The Kier molecular flexibility index (Phi) is 7.65. The Hall–Kier alpha value is -3.34. The van der Waals surface area contributed by atoms with Crippen LogP contribution in [0.1, 0.15) is 42.9 Å². The molecule has 2 aromatic rings. The molecule has 2 fully saturated rings. The standard InChI is InChI=1S/C20H20FN.C6H10N2O/c1-3-6-14(4-2)19-13-18(15-7-5-8-15)20(22-19)16-9-11-17(21)12-10-16;1-2-7-5-3-4-8-6(5)9/h3-4,6,9-13,15,22H,1-2,5,7-8H2;2,5,7H,1,3-4H2,(H,8,9)/b14-6+;. The number of rotatable bonds is 7. The summed E-state index contributed by atoms with van der Waals surface area (Å²) in [7, 11) is 0. The molecule has 0 spiro atoms. The first-order valence-corrected chi connectivity index (χ1v) is 10.7. The highest BCUT2D eigenvalue weighted by atomic mass is 19.1. The van der Waals surface area contributed by atoms with Gasteiger partial charge in [0.05, 0.1) is 0 Å². The largest absolute Gasteiger partial charge is 0.380 e. The molecule has 1 aliphatic carbocycles. The summed E-state index contributed by atoms with van der Waals surface area (Å²) in [6.45, 7) is 11.9. The zero-order valence-corrected chi connectivity index (χ0v) is 17.8. The summed E-state index contributed by atoms with van der Waals surface area (Å²) in [5.74, 6) is 0.466. The number of aromatic amines is 1. The van der Waals surface area contributed by atoms with Crippen LogP contribution in [0, 0.1) is 5.82 Å². The summed E-state index contributed by atoms with van der Waals surface area (Å²) in [6.07, 6.45) is 11.7. The fraction of sp³-hybridized carbons (Fsp3) is 0.269. The molecule has 4 rings (SSSR count). The van der Waals surface area contributed by atoms with Gasteiger partial charge in [-0.15, -0.1) is 0 Å². The summed E-state index contributed by atoms with van der Waals surface area (Å²) >= 11 is 0. The van der Waals surface area contributed by atoms with E-state index >= 15 is 0 Å². The fourth-order valence-corrected chi connectivity index (χ4v) is 3.81. The van der Waals surface area contributed by atoms with Crippen molar-refractivity contribution in [3.8, 4) is 11.3 Å². The predicted octanol–water partition coefficient (Wildman–Crippen LogP) is 5.45. The molecule has 3 N–H and O–H groups in total. The Morgan fingerprint density at radius 2 is 1.87 bits per heavy atom. The molecule has 1 aliphatic heterocycles. The average molecular weight is 420 g/mol. The fourth-order valence-electron chi connectivity index (χ4n) is 3.81. The number of carbonyl (C=O) groups is 1. The number of carbonyl (C=O) groups excluding carboxylic acids is 1. The number of nitrogens with one attached hydrogen (secondary N) is 3. The summed E-state index contributed by atoms with van der Waals surface area (Å²) in [5.41, 5.74) is 5.50. The molecular formula is C26H30FN3O. The van der Waals surface area contributed by atoms with Crippen LogP contribution in [-0.2, 0) is 4.79 Å². The Labute approximate surface area is 183 Å². The maximum Gasteiger partial charge on any atom is 0.242 e. The number of hydrogen-bond donors (Lipinski definition) is 3. The highest BCUT2D eigenvalue weighted by molar-refractivity contribution is 5.83. The van der Waals surface area contributed by atoms with E-state index in [9.17, 15) is 9.18 Å². The Morgan fingerprint density at radius 3 is 2.39 bits per heavy atom. The van der Waals surface area contributed by atoms with Gasteiger partial charge in [0.15, 0.2) is 0 Å². The molecule has 0 bridgehead atoms. The lowest BCUT2D eigenvalue weighted by Crippen LogP contribution is -2.32. The van der Waals surface area contributed by atoms with Crippen LogP contribution >= 0.6 is 0 Å². The van der Waals surface area contributed by atoms with Crippen LogP contribution in [0.25, 0.3) is 16.8 Å². The van der Waals surface area contributed by atoms with E-state index in [1.165, 1.54) is 37.0 Å². The molecule has 4 nitrogen and oxygen atoms in total. The van der Waals surface area contributed by atoms with Gasteiger partial charge in [0.25, 0.3) is 0 Å². The summed E-state index contributed by atoms with van der Waals surface area (Å²) < 4.78 is 13.2. The first-order valence-electron chi connectivity index (χ1n) is 10.7. The van der Waals surface area contributed by atoms with E-state index in [1.807, 2.05) is 24.3 Å². The molecule has 1 atom stereocenters. The van der Waals surface area contributed by atoms with Crippen LogP contribution in [0.3, 0.4) is 0 Å². The lowest BCUT2D eigenvalue weighted by Gasteiger charge is -2.26. The second-order valence-corrected chi connectivity index (χ2v) is 7.71. The Morgan fingerprint density at radius 1 is 1.13 bits per heavy atom. The molecule has 1 saturated heterocycles. The van der Waals surface area contributed by atoms with Crippen LogP contribution in [-0.4, -0.2) is 23.5 Å². The van der Waals surface area contributed by atoms with E-state index in [4.69, 9.17) is 0 Å². The van der Waals surface area contributed by atoms with Crippen molar-refractivity contribution in [1.82, 2.24) is 15.6 Å². The second-order valence-electron chi connectivity index (χ2n) is 7.71. The van der Waals surface area contributed by atoms with Crippen molar-refractivity contribution in [2.24, 2.45) is 0 Å². The van der Waals surface area contributed by atoms with Crippen LogP contribution in [0.15, 0.2) is 74.5 Å². The molecule has 1 aromatic heterocycles. The lowest BCUT2D eigenvalue weighted by molar-refractivity contribution is -0.120. The molecule has 5 heteroatoms. The minimum absolute atomic E-state index is 0.0394. The quantitative estimate of drug-likeness (QED) is 0.523. The minimum Gasteiger partial charge on any atom is -0.380 e. The van der Waals surface area contributed by atoms with E-state index in [2.05, 4.69) is 41.4 Å². The van der Waals surface area contributed by atoms with Crippen LogP contribution < -0.4 is 10.6 Å². The van der Waals surface area contributed by atoms with E-state index in [1.54, 1.807) is 12.3 Å². The summed E-state index contributed by atoms with van der Waals surface area (Å²) in [5, 5.41) is 5.55. The number of hydrogen-bond acceptors (Lipinski definition) is 2. The molecule has 0 radical (unpaired) electrons. The minimum atomic E-state index is -0.209. The van der Waals surface area contributed by atoms with Gasteiger partial charge in [-0.25, -0.2) is 4.39 Å². The van der Waals surface area contributed by atoms with E-state index in [-0.39, 0.29) is 17.8 Å². The number of aromatic nitrogens is 1. The predicted molar refractivity (Wildman–Crippen MR) is 126 cm³/mol.